The first-order valence-electron chi connectivity index (χ1n) is 5.99. The van der Waals surface area contributed by atoms with Crippen LogP contribution in [0, 0.1) is 5.41 Å². The number of nitrogens with zero attached hydrogens (tertiary/aromatic N) is 2. The molecule has 0 saturated heterocycles. The topological polar surface area (TPSA) is 74.2 Å². The molecule has 0 saturated carbocycles. The highest BCUT2D eigenvalue weighted by Gasteiger charge is 2.18. The van der Waals surface area contributed by atoms with Crippen LogP contribution < -0.4 is 5.73 Å². The van der Waals surface area contributed by atoms with Crippen LogP contribution in [0.1, 0.15) is 51.4 Å². The molecule has 0 aliphatic rings. The minimum atomic E-state index is -0.189. The van der Waals surface area contributed by atoms with E-state index in [4.69, 9.17) is 15.0 Å². The lowest BCUT2D eigenvalue weighted by Crippen LogP contribution is -2.13. The molecule has 2 N–H and O–H groups in total. The molecule has 0 aliphatic carbocycles. The smallest absolute Gasteiger partial charge is 0.243 e. The second-order valence-corrected chi connectivity index (χ2v) is 5.53. The van der Waals surface area contributed by atoms with E-state index in [1.807, 2.05) is 0 Å². The highest BCUT2D eigenvalue weighted by molar-refractivity contribution is 4.94. The van der Waals surface area contributed by atoms with Gasteiger partial charge < -0.3 is 15.0 Å². The first-order chi connectivity index (χ1) is 7.92. The summed E-state index contributed by atoms with van der Waals surface area (Å²) in [6, 6.07) is -0.189. The van der Waals surface area contributed by atoms with Gasteiger partial charge in [-0.3, -0.25) is 0 Å². The number of nitrogens with two attached hydrogens (primary N) is 1. The molecule has 17 heavy (non-hydrogen) atoms. The minimum Gasteiger partial charge on any atom is -0.385 e. The third-order valence-electron chi connectivity index (χ3n) is 2.35. The van der Waals surface area contributed by atoms with E-state index in [-0.39, 0.29) is 11.5 Å². The molecule has 0 aliphatic heterocycles. The van der Waals surface area contributed by atoms with Gasteiger partial charge >= 0.3 is 0 Å². The highest BCUT2D eigenvalue weighted by atomic mass is 16.5. The number of hydrogen-bond acceptors (Lipinski definition) is 5. The van der Waals surface area contributed by atoms with E-state index >= 15 is 0 Å². The van der Waals surface area contributed by atoms with Crippen molar-refractivity contribution in [1.29, 1.82) is 0 Å². The predicted octanol–water partition coefficient (Wildman–Crippen LogP) is 2.08. The summed E-state index contributed by atoms with van der Waals surface area (Å²) in [6.07, 6.45) is 2.49. The van der Waals surface area contributed by atoms with E-state index in [0.29, 0.717) is 12.5 Å². The Balaban J connectivity index is 2.49. The van der Waals surface area contributed by atoms with Crippen molar-refractivity contribution < 1.29 is 9.26 Å². The van der Waals surface area contributed by atoms with Crippen LogP contribution in [0.4, 0.5) is 0 Å². The first-order valence-corrected chi connectivity index (χ1v) is 5.99. The average Bonchev–Trinajstić information content (AvgIpc) is 2.64. The molecule has 5 heteroatoms. The Labute approximate surface area is 103 Å². The summed E-state index contributed by atoms with van der Waals surface area (Å²) in [5, 5.41) is 3.95. The molecule has 0 radical (unpaired) electrons. The van der Waals surface area contributed by atoms with E-state index in [0.717, 1.165) is 25.1 Å². The molecule has 1 heterocycles. The summed E-state index contributed by atoms with van der Waals surface area (Å²) in [5.74, 6) is 1.26. The van der Waals surface area contributed by atoms with Crippen molar-refractivity contribution >= 4 is 0 Å². The second kappa shape index (κ2) is 6.12. The van der Waals surface area contributed by atoms with Gasteiger partial charge in [-0.05, 0) is 18.3 Å². The molecule has 1 atom stereocenters. The summed E-state index contributed by atoms with van der Waals surface area (Å²) in [5.41, 5.74) is 6.12. The van der Waals surface area contributed by atoms with Gasteiger partial charge in [0, 0.05) is 20.1 Å². The Morgan fingerprint density at radius 1 is 1.41 bits per heavy atom. The Morgan fingerprint density at radius 3 is 2.71 bits per heavy atom. The Morgan fingerprint density at radius 2 is 2.12 bits per heavy atom. The summed E-state index contributed by atoms with van der Waals surface area (Å²) in [4.78, 5) is 4.33. The van der Waals surface area contributed by atoms with Gasteiger partial charge in [-0.1, -0.05) is 25.9 Å². The third kappa shape index (κ3) is 5.28. The number of rotatable bonds is 6. The lowest BCUT2D eigenvalue weighted by atomic mass is 9.92. The van der Waals surface area contributed by atoms with Gasteiger partial charge in [0.1, 0.15) is 0 Å². The summed E-state index contributed by atoms with van der Waals surface area (Å²) in [7, 11) is 1.68. The molecular formula is C12H23N3O2. The van der Waals surface area contributed by atoms with E-state index in [9.17, 15) is 0 Å². The lowest BCUT2D eigenvalue weighted by Gasteiger charge is -2.14. The first kappa shape index (κ1) is 14.1. The van der Waals surface area contributed by atoms with E-state index < -0.39 is 0 Å². The van der Waals surface area contributed by atoms with Crippen molar-refractivity contribution in [3.63, 3.8) is 0 Å². The third-order valence-corrected chi connectivity index (χ3v) is 2.35. The van der Waals surface area contributed by atoms with Gasteiger partial charge in [0.2, 0.25) is 5.89 Å². The van der Waals surface area contributed by atoms with E-state index in [1.165, 1.54) is 0 Å². The van der Waals surface area contributed by atoms with Crippen molar-refractivity contribution in [2.24, 2.45) is 11.1 Å². The number of methoxy groups -OCH3 is 1. The second-order valence-electron chi connectivity index (χ2n) is 5.53. The zero-order valence-corrected chi connectivity index (χ0v) is 11.2. The van der Waals surface area contributed by atoms with Crippen molar-refractivity contribution in [2.75, 3.05) is 13.7 Å². The molecule has 5 nitrogen and oxygen atoms in total. The number of hydrogen-bond donors (Lipinski definition) is 1. The van der Waals surface area contributed by atoms with E-state index in [1.54, 1.807) is 7.11 Å². The maximum absolute atomic E-state index is 5.96. The standard InChI is InChI=1S/C12H23N3O2/c1-12(2,3)8-10-14-11(17-15-10)9(13)6-5-7-16-4/h9H,5-8,13H2,1-4H3. The molecule has 1 unspecified atom stereocenters. The van der Waals surface area contributed by atoms with Crippen molar-refractivity contribution in [2.45, 2.75) is 46.1 Å². The van der Waals surface area contributed by atoms with Crippen LogP contribution in [0.25, 0.3) is 0 Å². The SMILES string of the molecule is COCCCC(N)c1nc(CC(C)(C)C)no1. The van der Waals surface area contributed by atoms with Gasteiger partial charge in [-0.2, -0.15) is 4.98 Å². The van der Waals surface area contributed by atoms with Crippen LogP contribution in [-0.2, 0) is 11.2 Å². The number of ether oxygens (including phenoxy) is 1. The molecule has 0 fully saturated rings. The van der Waals surface area contributed by atoms with Crippen LogP contribution in [0.15, 0.2) is 4.52 Å². The molecule has 0 bridgehead atoms. The normalized spacial score (nSPS) is 13.9. The summed E-state index contributed by atoms with van der Waals surface area (Å²) >= 11 is 0. The summed E-state index contributed by atoms with van der Waals surface area (Å²) in [6.45, 7) is 7.13. The highest BCUT2D eigenvalue weighted by Crippen LogP contribution is 2.20. The fourth-order valence-electron chi connectivity index (χ4n) is 1.54. The van der Waals surface area contributed by atoms with Gasteiger partial charge in [-0.15, -0.1) is 0 Å². The average molecular weight is 241 g/mol. The van der Waals surface area contributed by atoms with Crippen LogP contribution in [-0.4, -0.2) is 23.9 Å². The van der Waals surface area contributed by atoms with Gasteiger partial charge in [0.05, 0.1) is 6.04 Å². The Bertz CT molecular complexity index is 331. The van der Waals surface area contributed by atoms with Gasteiger partial charge in [0.15, 0.2) is 5.82 Å². The molecule has 0 amide bonds. The monoisotopic (exact) mass is 241 g/mol. The molecule has 1 aromatic rings. The Kier molecular flexibility index (Phi) is 5.08. The van der Waals surface area contributed by atoms with Crippen LogP contribution >= 0.6 is 0 Å². The van der Waals surface area contributed by atoms with E-state index in [2.05, 4.69) is 30.9 Å². The minimum absolute atomic E-state index is 0.154. The van der Waals surface area contributed by atoms with Crippen molar-refractivity contribution in [3.05, 3.63) is 11.7 Å². The van der Waals surface area contributed by atoms with Crippen LogP contribution in [0.2, 0.25) is 0 Å². The Hall–Kier alpha value is -0.940. The number of aromatic nitrogens is 2. The molecule has 1 rings (SSSR count). The molecule has 0 spiro atoms. The summed E-state index contributed by atoms with van der Waals surface area (Å²) < 4.78 is 10.2. The van der Waals surface area contributed by atoms with Gasteiger partial charge in [-0.25, -0.2) is 0 Å². The maximum Gasteiger partial charge on any atom is 0.243 e. The quantitative estimate of drug-likeness (QED) is 0.772. The maximum atomic E-state index is 5.96. The predicted molar refractivity (Wildman–Crippen MR) is 65.5 cm³/mol. The molecule has 98 valence electrons. The van der Waals surface area contributed by atoms with Crippen molar-refractivity contribution in [1.82, 2.24) is 10.1 Å². The largest absolute Gasteiger partial charge is 0.385 e. The molecule has 1 aromatic heterocycles. The molecule has 0 aromatic carbocycles. The van der Waals surface area contributed by atoms with Crippen molar-refractivity contribution in [3.8, 4) is 0 Å². The lowest BCUT2D eigenvalue weighted by molar-refractivity contribution is 0.188. The zero-order chi connectivity index (χ0) is 12.9. The fourth-order valence-corrected chi connectivity index (χ4v) is 1.54. The zero-order valence-electron chi connectivity index (χ0n) is 11.2. The van der Waals surface area contributed by atoms with Crippen LogP contribution in [0.3, 0.4) is 0 Å². The van der Waals surface area contributed by atoms with Gasteiger partial charge in [0.25, 0.3) is 0 Å². The van der Waals surface area contributed by atoms with Crippen LogP contribution in [0.5, 0.6) is 0 Å². The molecular weight excluding hydrogens is 218 g/mol. The fraction of sp³-hybridized carbons (Fsp3) is 0.833.